The molecule has 2 N–H and O–H groups in total. The Bertz CT molecular complexity index is 1040. The van der Waals surface area contributed by atoms with Crippen molar-refractivity contribution in [2.75, 3.05) is 13.2 Å². The zero-order valence-corrected chi connectivity index (χ0v) is 14.7. The lowest BCUT2D eigenvalue weighted by Gasteiger charge is -2.17. The highest BCUT2D eigenvalue weighted by atomic mass is 32.2. The lowest BCUT2D eigenvalue weighted by molar-refractivity contribution is 0.141. The second-order valence-electron chi connectivity index (χ2n) is 6.17. The number of pyridine rings is 1. The average molecular weight is 370 g/mol. The van der Waals surface area contributed by atoms with Crippen molar-refractivity contribution < 1.29 is 17.9 Å². The first-order chi connectivity index (χ1) is 12.6. The summed E-state index contributed by atoms with van der Waals surface area (Å²) < 4.78 is 36.8. The summed E-state index contributed by atoms with van der Waals surface area (Å²) in [5.74, 6) is 0.567. The van der Waals surface area contributed by atoms with Gasteiger partial charge in [0, 0.05) is 11.6 Å². The zero-order chi connectivity index (χ0) is 18.1. The van der Waals surface area contributed by atoms with Gasteiger partial charge in [0.15, 0.2) is 0 Å². The maximum Gasteiger partial charge on any atom is 0.208 e. The fourth-order valence-corrected chi connectivity index (χ4v) is 4.19. The molecule has 0 bridgehead atoms. The molecule has 1 aromatic heterocycles. The largest absolute Gasteiger partial charge is 0.484 e. The summed E-state index contributed by atoms with van der Waals surface area (Å²) >= 11 is 0. The van der Waals surface area contributed by atoms with Gasteiger partial charge in [-0.3, -0.25) is 4.98 Å². The normalized spacial score (nSPS) is 20.3. The Morgan fingerprint density at radius 2 is 1.85 bits per heavy atom. The molecular formula is C19H18N2O4S. The number of hydrogen-bond donors (Lipinski definition) is 1. The van der Waals surface area contributed by atoms with Crippen LogP contribution in [0.1, 0.15) is 0 Å². The van der Waals surface area contributed by atoms with Crippen LogP contribution in [-0.2, 0) is 14.6 Å². The number of nitrogens with two attached hydrogens (primary N) is 1. The third-order valence-electron chi connectivity index (χ3n) is 4.36. The van der Waals surface area contributed by atoms with Gasteiger partial charge < -0.3 is 15.2 Å². The van der Waals surface area contributed by atoms with E-state index >= 15 is 0 Å². The number of hydrogen-bond acceptors (Lipinski definition) is 6. The Hall–Kier alpha value is -2.48. The summed E-state index contributed by atoms with van der Waals surface area (Å²) in [6.07, 6.45) is 1.12. The molecule has 134 valence electrons. The van der Waals surface area contributed by atoms with Crippen molar-refractivity contribution in [1.82, 2.24) is 4.98 Å². The fourth-order valence-electron chi connectivity index (χ4n) is 2.93. The van der Waals surface area contributed by atoms with Crippen LogP contribution in [0.4, 0.5) is 0 Å². The number of sulfone groups is 1. The van der Waals surface area contributed by atoms with Crippen LogP contribution in [0.3, 0.4) is 0 Å². The van der Waals surface area contributed by atoms with Crippen molar-refractivity contribution in [3.63, 3.8) is 0 Å². The van der Waals surface area contributed by atoms with E-state index in [2.05, 4.69) is 4.98 Å². The van der Waals surface area contributed by atoms with Gasteiger partial charge in [0.2, 0.25) is 9.84 Å². The molecule has 2 atom stereocenters. The Morgan fingerprint density at radius 3 is 2.58 bits per heavy atom. The van der Waals surface area contributed by atoms with Gasteiger partial charge in [-0.05, 0) is 24.3 Å². The Labute approximate surface area is 151 Å². The van der Waals surface area contributed by atoms with Crippen molar-refractivity contribution >= 4 is 20.7 Å². The molecule has 1 fully saturated rings. The monoisotopic (exact) mass is 370 g/mol. The Balaban J connectivity index is 1.73. The van der Waals surface area contributed by atoms with E-state index in [1.54, 1.807) is 48.5 Å². The van der Waals surface area contributed by atoms with E-state index in [0.717, 1.165) is 0 Å². The first-order valence-corrected chi connectivity index (χ1v) is 9.73. The van der Waals surface area contributed by atoms with E-state index in [1.807, 2.05) is 6.07 Å². The lowest BCUT2D eigenvalue weighted by Crippen LogP contribution is -2.37. The minimum Gasteiger partial charge on any atom is -0.484 e. The quantitative estimate of drug-likeness (QED) is 0.757. The molecule has 0 aliphatic carbocycles. The number of aromatic nitrogens is 1. The number of nitrogens with zero attached hydrogens (tertiary/aromatic N) is 1. The van der Waals surface area contributed by atoms with Crippen LogP contribution in [-0.4, -0.2) is 38.8 Å². The Kier molecular flexibility index (Phi) is 4.36. The molecule has 7 heteroatoms. The summed E-state index contributed by atoms with van der Waals surface area (Å²) in [5, 5.41) is 0.687. The van der Waals surface area contributed by atoms with Crippen LogP contribution in [0.2, 0.25) is 0 Å². The van der Waals surface area contributed by atoms with E-state index in [9.17, 15) is 8.42 Å². The summed E-state index contributed by atoms with van der Waals surface area (Å²) in [4.78, 5) is 4.74. The third-order valence-corrected chi connectivity index (χ3v) is 6.10. The highest BCUT2D eigenvalue weighted by Gasteiger charge is 2.27. The van der Waals surface area contributed by atoms with Crippen molar-refractivity contribution in [3.8, 4) is 5.75 Å². The van der Waals surface area contributed by atoms with Crippen LogP contribution in [0.15, 0.2) is 70.6 Å². The maximum atomic E-state index is 12.8. The molecule has 0 unspecified atom stereocenters. The molecule has 26 heavy (non-hydrogen) atoms. The molecule has 1 aliphatic heterocycles. The van der Waals surface area contributed by atoms with Gasteiger partial charge in [0.05, 0.1) is 29.0 Å². The number of fused-ring (bicyclic) bond motifs is 1. The topological polar surface area (TPSA) is 91.5 Å². The number of rotatable bonds is 4. The van der Waals surface area contributed by atoms with Crippen molar-refractivity contribution in [2.24, 2.45) is 5.73 Å². The van der Waals surface area contributed by atoms with Gasteiger partial charge in [-0.25, -0.2) is 8.42 Å². The van der Waals surface area contributed by atoms with Gasteiger partial charge >= 0.3 is 0 Å². The predicted molar refractivity (Wildman–Crippen MR) is 96.8 cm³/mol. The van der Waals surface area contributed by atoms with Crippen LogP contribution >= 0.6 is 0 Å². The second-order valence-corrected chi connectivity index (χ2v) is 8.12. The molecule has 0 radical (unpaired) electrons. The molecule has 1 aliphatic rings. The molecular weight excluding hydrogens is 352 g/mol. The summed E-state index contributed by atoms with van der Waals surface area (Å²) in [5.41, 5.74) is 6.56. The predicted octanol–water partition coefficient (Wildman–Crippen LogP) is 2.17. The van der Waals surface area contributed by atoms with Crippen LogP contribution in [0, 0.1) is 0 Å². The minimum atomic E-state index is -3.62. The van der Waals surface area contributed by atoms with Gasteiger partial charge in [-0.2, -0.15) is 0 Å². The highest BCUT2D eigenvalue weighted by molar-refractivity contribution is 7.91. The van der Waals surface area contributed by atoms with E-state index in [-0.39, 0.29) is 21.9 Å². The zero-order valence-electron chi connectivity index (χ0n) is 13.9. The summed E-state index contributed by atoms with van der Waals surface area (Å²) in [6.45, 7) is 0.889. The van der Waals surface area contributed by atoms with E-state index < -0.39 is 9.84 Å². The van der Waals surface area contributed by atoms with Gasteiger partial charge in [0.25, 0.3) is 0 Å². The molecule has 2 aromatic carbocycles. The van der Waals surface area contributed by atoms with E-state index in [1.165, 1.54) is 6.20 Å². The summed E-state index contributed by atoms with van der Waals surface area (Å²) in [7, 11) is -3.62. The molecule has 6 nitrogen and oxygen atoms in total. The molecule has 0 saturated carbocycles. The number of ether oxygens (including phenoxy) is 2. The van der Waals surface area contributed by atoms with Gasteiger partial charge in [0.1, 0.15) is 17.4 Å². The standard InChI is InChI=1S/C19H18N2O4S/c20-16-11-24-12-18(16)25-17-8-4-5-13-9-15(10-21-19(13)17)26(22,23)14-6-2-1-3-7-14/h1-10,16,18H,11-12,20H2/t16-,18-/m0/s1. The van der Waals surface area contributed by atoms with Crippen molar-refractivity contribution in [2.45, 2.75) is 21.9 Å². The molecule has 2 heterocycles. The smallest absolute Gasteiger partial charge is 0.208 e. The molecule has 1 saturated heterocycles. The van der Waals surface area contributed by atoms with Crippen molar-refractivity contribution in [3.05, 3.63) is 60.8 Å². The molecule has 4 rings (SSSR count). The van der Waals surface area contributed by atoms with Crippen molar-refractivity contribution in [1.29, 1.82) is 0 Å². The highest BCUT2D eigenvalue weighted by Crippen LogP contribution is 2.29. The van der Waals surface area contributed by atoms with Gasteiger partial charge in [-0.1, -0.05) is 30.3 Å². The van der Waals surface area contributed by atoms with Crippen LogP contribution in [0.25, 0.3) is 10.9 Å². The second kappa shape index (κ2) is 6.68. The number of para-hydroxylation sites is 1. The maximum absolute atomic E-state index is 12.8. The summed E-state index contributed by atoms with van der Waals surface area (Å²) in [6, 6.07) is 15.1. The molecule has 3 aromatic rings. The fraction of sp³-hybridized carbons (Fsp3) is 0.211. The third kappa shape index (κ3) is 3.05. The van der Waals surface area contributed by atoms with Crippen LogP contribution in [0.5, 0.6) is 5.75 Å². The lowest BCUT2D eigenvalue weighted by atomic mass is 10.2. The SMILES string of the molecule is N[C@H]1COC[C@@H]1Oc1cccc2cc(S(=O)(=O)c3ccccc3)cnc12. The Morgan fingerprint density at radius 1 is 1.04 bits per heavy atom. The average Bonchev–Trinajstić information content (AvgIpc) is 3.07. The first-order valence-electron chi connectivity index (χ1n) is 8.24. The molecule has 0 amide bonds. The van der Waals surface area contributed by atoms with E-state index in [4.69, 9.17) is 15.2 Å². The minimum absolute atomic E-state index is 0.147. The van der Waals surface area contributed by atoms with Gasteiger partial charge in [-0.15, -0.1) is 0 Å². The van der Waals surface area contributed by atoms with E-state index in [0.29, 0.717) is 29.9 Å². The number of benzene rings is 2. The first kappa shape index (κ1) is 17.0. The molecule has 0 spiro atoms. The van der Waals surface area contributed by atoms with Crippen LogP contribution < -0.4 is 10.5 Å².